The molecule has 5 heteroatoms. The fraction of sp³-hybridized carbons (Fsp3) is 0.381. The van der Waals surface area contributed by atoms with Crippen molar-refractivity contribution in [1.82, 2.24) is 4.90 Å². The zero-order valence-electron chi connectivity index (χ0n) is 15.2. The van der Waals surface area contributed by atoms with E-state index in [9.17, 15) is 9.18 Å². The molecule has 1 saturated heterocycles. The quantitative estimate of drug-likeness (QED) is 0.815. The topological polar surface area (TPSA) is 38.8 Å². The molecule has 1 fully saturated rings. The Kier molecular flexibility index (Phi) is 5.89. The number of carbonyl (C=O) groups excluding carboxylic acids is 1. The molecular weight excluding hydrogens is 333 g/mol. The van der Waals surface area contributed by atoms with Gasteiger partial charge in [-0.3, -0.25) is 4.79 Å². The highest BCUT2D eigenvalue weighted by molar-refractivity contribution is 5.94. The Morgan fingerprint density at radius 1 is 1.19 bits per heavy atom. The molecule has 2 aromatic carbocycles. The van der Waals surface area contributed by atoms with E-state index in [1.165, 1.54) is 29.8 Å². The largest absolute Gasteiger partial charge is 0.491 e. The van der Waals surface area contributed by atoms with Crippen molar-refractivity contribution >= 4 is 5.91 Å². The van der Waals surface area contributed by atoms with Gasteiger partial charge in [0, 0.05) is 12.1 Å². The van der Waals surface area contributed by atoms with Gasteiger partial charge in [0.25, 0.3) is 5.91 Å². The summed E-state index contributed by atoms with van der Waals surface area (Å²) in [4.78, 5) is 14.3. The van der Waals surface area contributed by atoms with Crippen LogP contribution in [0.2, 0.25) is 0 Å². The predicted octanol–water partition coefficient (Wildman–Crippen LogP) is 3.87. The molecule has 1 unspecified atom stereocenters. The first-order valence-corrected chi connectivity index (χ1v) is 8.92. The summed E-state index contributed by atoms with van der Waals surface area (Å²) in [6.45, 7) is 6.13. The molecule has 0 aliphatic carbocycles. The second-order valence-electron chi connectivity index (χ2n) is 6.79. The van der Waals surface area contributed by atoms with Crippen LogP contribution in [0.5, 0.6) is 5.75 Å². The van der Waals surface area contributed by atoms with E-state index >= 15 is 0 Å². The maximum atomic E-state index is 13.0. The molecule has 0 N–H and O–H groups in total. The van der Waals surface area contributed by atoms with Gasteiger partial charge in [0.1, 0.15) is 24.3 Å². The summed E-state index contributed by atoms with van der Waals surface area (Å²) in [6.07, 6.45) is -0.182. The van der Waals surface area contributed by atoms with Gasteiger partial charge in [0.15, 0.2) is 0 Å². The fourth-order valence-corrected chi connectivity index (χ4v) is 2.92. The van der Waals surface area contributed by atoms with Crippen LogP contribution in [0.3, 0.4) is 0 Å². The molecule has 26 heavy (non-hydrogen) atoms. The average Bonchev–Trinajstić information content (AvgIpc) is 2.67. The van der Waals surface area contributed by atoms with E-state index in [2.05, 4.69) is 26.0 Å². The van der Waals surface area contributed by atoms with E-state index in [1.807, 2.05) is 12.1 Å². The summed E-state index contributed by atoms with van der Waals surface area (Å²) in [5.74, 6) is 0.814. The molecule has 0 radical (unpaired) electrons. The molecule has 2 aromatic rings. The van der Waals surface area contributed by atoms with Crippen molar-refractivity contribution in [3.63, 3.8) is 0 Å². The zero-order valence-corrected chi connectivity index (χ0v) is 15.2. The van der Waals surface area contributed by atoms with Crippen LogP contribution in [0.4, 0.5) is 4.39 Å². The highest BCUT2D eigenvalue weighted by Gasteiger charge is 2.25. The van der Waals surface area contributed by atoms with E-state index in [0.29, 0.717) is 37.8 Å². The lowest BCUT2D eigenvalue weighted by molar-refractivity contribution is -0.0401. The molecule has 1 aliphatic rings. The Hall–Kier alpha value is -2.40. The summed E-state index contributed by atoms with van der Waals surface area (Å²) in [7, 11) is 0. The third-order valence-corrected chi connectivity index (χ3v) is 4.50. The number of hydrogen-bond acceptors (Lipinski definition) is 3. The number of hydrogen-bond donors (Lipinski definition) is 0. The normalized spacial score (nSPS) is 17.4. The van der Waals surface area contributed by atoms with Crippen LogP contribution in [-0.4, -0.2) is 43.2 Å². The van der Waals surface area contributed by atoms with Gasteiger partial charge in [0.2, 0.25) is 0 Å². The van der Waals surface area contributed by atoms with Crippen LogP contribution in [-0.2, 0) is 4.74 Å². The minimum atomic E-state index is -0.349. The number of amides is 1. The Morgan fingerprint density at radius 3 is 2.54 bits per heavy atom. The van der Waals surface area contributed by atoms with Crippen molar-refractivity contribution < 1.29 is 18.7 Å². The number of rotatable bonds is 5. The Bertz CT molecular complexity index is 728. The second-order valence-corrected chi connectivity index (χ2v) is 6.79. The second kappa shape index (κ2) is 8.32. The van der Waals surface area contributed by atoms with Gasteiger partial charge in [-0.2, -0.15) is 0 Å². The van der Waals surface area contributed by atoms with Gasteiger partial charge >= 0.3 is 0 Å². The van der Waals surface area contributed by atoms with E-state index in [-0.39, 0.29) is 17.8 Å². The van der Waals surface area contributed by atoms with Crippen LogP contribution in [0.1, 0.15) is 35.7 Å². The molecule has 0 aromatic heterocycles. The zero-order chi connectivity index (χ0) is 18.5. The molecule has 3 rings (SSSR count). The number of ether oxygens (including phenoxy) is 2. The molecule has 0 saturated carbocycles. The SMILES string of the molecule is CC(C)c1ccc(OCC2CN(C(=O)c3ccc(F)cc3)CCO2)cc1. The molecular formula is C21H24FNO3. The first kappa shape index (κ1) is 18.4. The number of halogens is 1. The van der Waals surface area contributed by atoms with Gasteiger partial charge in [0.05, 0.1) is 13.2 Å². The van der Waals surface area contributed by atoms with Gasteiger partial charge in [-0.1, -0.05) is 26.0 Å². The van der Waals surface area contributed by atoms with Gasteiger partial charge in [-0.25, -0.2) is 4.39 Å². The highest BCUT2D eigenvalue weighted by Crippen LogP contribution is 2.19. The Labute approximate surface area is 153 Å². The lowest BCUT2D eigenvalue weighted by Gasteiger charge is -2.33. The third kappa shape index (κ3) is 4.61. The van der Waals surface area contributed by atoms with Gasteiger partial charge in [-0.05, 0) is 47.9 Å². The highest BCUT2D eigenvalue weighted by atomic mass is 19.1. The smallest absolute Gasteiger partial charge is 0.254 e. The van der Waals surface area contributed by atoms with Crippen LogP contribution < -0.4 is 4.74 Å². The molecule has 1 heterocycles. The first-order valence-electron chi connectivity index (χ1n) is 8.92. The van der Waals surface area contributed by atoms with E-state index in [0.717, 1.165) is 5.75 Å². The molecule has 0 bridgehead atoms. The molecule has 1 amide bonds. The predicted molar refractivity (Wildman–Crippen MR) is 98.1 cm³/mol. The van der Waals surface area contributed by atoms with E-state index in [4.69, 9.17) is 9.47 Å². The van der Waals surface area contributed by atoms with Crippen molar-refractivity contribution in [2.24, 2.45) is 0 Å². The van der Waals surface area contributed by atoms with E-state index < -0.39 is 0 Å². The molecule has 1 atom stereocenters. The first-order chi connectivity index (χ1) is 12.5. The van der Waals surface area contributed by atoms with Gasteiger partial charge in [-0.15, -0.1) is 0 Å². The number of morpholine rings is 1. The van der Waals surface area contributed by atoms with Gasteiger partial charge < -0.3 is 14.4 Å². The maximum Gasteiger partial charge on any atom is 0.254 e. The Morgan fingerprint density at radius 2 is 1.88 bits per heavy atom. The molecule has 4 nitrogen and oxygen atoms in total. The Balaban J connectivity index is 1.54. The van der Waals surface area contributed by atoms with Crippen LogP contribution >= 0.6 is 0 Å². The minimum absolute atomic E-state index is 0.111. The maximum absolute atomic E-state index is 13.0. The molecule has 1 aliphatic heterocycles. The number of carbonyl (C=O) groups is 1. The van der Waals surface area contributed by atoms with Crippen molar-refractivity contribution in [3.05, 3.63) is 65.5 Å². The summed E-state index contributed by atoms with van der Waals surface area (Å²) in [5, 5.41) is 0. The third-order valence-electron chi connectivity index (χ3n) is 4.50. The lowest BCUT2D eigenvalue weighted by atomic mass is 10.0. The lowest BCUT2D eigenvalue weighted by Crippen LogP contribution is -2.47. The number of nitrogens with zero attached hydrogens (tertiary/aromatic N) is 1. The van der Waals surface area contributed by atoms with Crippen molar-refractivity contribution in [3.8, 4) is 5.75 Å². The summed E-state index contributed by atoms with van der Waals surface area (Å²) in [5.41, 5.74) is 1.75. The molecule has 138 valence electrons. The summed E-state index contributed by atoms with van der Waals surface area (Å²) >= 11 is 0. The average molecular weight is 357 g/mol. The van der Waals surface area contributed by atoms with E-state index in [1.54, 1.807) is 4.90 Å². The fourth-order valence-electron chi connectivity index (χ4n) is 2.92. The van der Waals surface area contributed by atoms with Crippen molar-refractivity contribution in [2.45, 2.75) is 25.9 Å². The van der Waals surface area contributed by atoms with Crippen LogP contribution in [0, 0.1) is 5.82 Å². The van der Waals surface area contributed by atoms with Crippen LogP contribution in [0.15, 0.2) is 48.5 Å². The minimum Gasteiger partial charge on any atom is -0.491 e. The number of benzene rings is 2. The monoisotopic (exact) mass is 357 g/mol. The van der Waals surface area contributed by atoms with Crippen molar-refractivity contribution in [2.75, 3.05) is 26.3 Å². The van der Waals surface area contributed by atoms with Crippen LogP contribution in [0.25, 0.3) is 0 Å². The van der Waals surface area contributed by atoms with Crippen molar-refractivity contribution in [1.29, 1.82) is 0 Å². The molecule has 0 spiro atoms. The standard InChI is InChI=1S/C21H24FNO3/c1-15(2)16-5-9-19(10-6-16)26-14-20-13-23(11-12-25-20)21(24)17-3-7-18(22)8-4-17/h3-10,15,20H,11-14H2,1-2H3. The summed E-state index contributed by atoms with van der Waals surface area (Å²) in [6, 6.07) is 13.7. The summed E-state index contributed by atoms with van der Waals surface area (Å²) < 4.78 is 24.6.